The third-order valence-corrected chi connectivity index (χ3v) is 2.60. The molecule has 1 aromatic heterocycles. The molecule has 0 atom stereocenters. The van der Waals surface area contributed by atoms with Crippen molar-refractivity contribution < 1.29 is 8.78 Å². The number of nitrogens with zero attached hydrogens (tertiary/aromatic N) is 2. The van der Waals surface area contributed by atoms with Crippen LogP contribution in [0.15, 0.2) is 6.20 Å². The minimum absolute atomic E-state index is 0.0119. The Labute approximate surface area is 92.6 Å². The number of rotatable bonds is 2. The molecular formula is C8H4BrClF2N2. The van der Waals surface area contributed by atoms with E-state index in [9.17, 15) is 8.78 Å². The number of alkyl halides is 3. The van der Waals surface area contributed by atoms with Crippen molar-refractivity contribution in [1.29, 1.82) is 5.26 Å². The predicted octanol–water partition coefficient (Wildman–Crippen LogP) is 3.44. The van der Waals surface area contributed by atoms with Gasteiger partial charge in [-0.05, 0) is 5.56 Å². The van der Waals surface area contributed by atoms with Gasteiger partial charge in [0.25, 0.3) is 6.43 Å². The SMILES string of the molecule is N#Cc1ncc(C(F)F)c(CBr)c1Cl. The molecule has 0 aliphatic heterocycles. The van der Waals surface area contributed by atoms with E-state index in [1.54, 1.807) is 6.07 Å². The maximum Gasteiger partial charge on any atom is 0.265 e. The fraction of sp³-hybridized carbons (Fsp3) is 0.250. The first-order chi connectivity index (χ1) is 6.61. The first kappa shape index (κ1) is 11.3. The standard InChI is InChI=1S/C8H4BrClF2N2/c9-1-4-5(8(11)12)3-14-6(2-13)7(4)10/h3,8H,1H2. The van der Waals surface area contributed by atoms with Crippen LogP contribution in [0.4, 0.5) is 8.78 Å². The summed E-state index contributed by atoms with van der Waals surface area (Å²) in [6, 6.07) is 1.73. The van der Waals surface area contributed by atoms with Crippen molar-refractivity contribution in [2.75, 3.05) is 0 Å². The number of pyridine rings is 1. The molecule has 0 saturated carbocycles. The molecule has 0 saturated heterocycles. The number of nitriles is 1. The molecule has 0 aliphatic rings. The molecule has 0 radical (unpaired) electrons. The van der Waals surface area contributed by atoms with Crippen LogP contribution in [0.2, 0.25) is 5.02 Å². The van der Waals surface area contributed by atoms with Gasteiger partial charge in [0.2, 0.25) is 0 Å². The fourth-order valence-electron chi connectivity index (χ4n) is 0.940. The van der Waals surface area contributed by atoms with Crippen LogP contribution < -0.4 is 0 Å². The molecule has 0 fully saturated rings. The molecule has 0 aliphatic carbocycles. The first-order valence-electron chi connectivity index (χ1n) is 3.53. The number of hydrogen-bond donors (Lipinski definition) is 0. The molecule has 0 amide bonds. The van der Waals surface area contributed by atoms with Crippen molar-refractivity contribution in [3.05, 3.63) is 28.0 Å². The summed E-state index contributed by atoms with van der Waals surface area (Å²) < 4.78 is 24.9. The van der Waals surface area contributed by atoms with Gasteiger partial charge in [0.05, 0.1) is 5.02 Å². The summed E-state index contributed by atoms with van der Waals surface area (Å²) in [6.45, 7) is 0. The first-order valence-corrected chi connectivity index (χ1v) is 5.03. The van der Waals surface area contributed by atoms with Gasteiger partial charge >= 0.3 is 0 Å². The van der Waals surface area contributed by atoms with Crippen molar-refractivity contribution >= 4 is 27.5 Å². The van der Waals surface area contributed by atoms with Gasteiger partial charge in [0, 0.05) is 17.1 Å². The highest BCUT2D eigenvalue weighted by Crippen LogP contribution is 2.30. The molecule has 6 heteroatoms. The highest BCUT2D eigenvalue weighted by Gasteiger charge is 2.18. The minimum atomic E-state index is -2.64. The Morgan fingerprint density at radius 1 is 1.64 bits per heavy atom. The van der Waals surface area contributed by atoms with Crippen LogP contribution in [0.5, 0.6) is 0 Å². The molecular weight excluding hydrogens is 277 g/mol. The summed E-state index contributed by atoms with van der Waals surface area (Å²) >= 11 is 8.75. The third kappa shape index (κ3) is 2.02. The Bertz CT molecular complexity index is 390. The zero-order valence-corrected chi connectivity index (χ0v) is 9.11. The van der Waals surface area contributed by atoms with Crippen LogP contribution in [0.1, 0.15) is 23.2 Å². The van der Waals surface area contributed by atoms with E-state index in [-0.39, 0.29) is 27.2 Å². The van der Waals surface area contributed by atoms with Gasteiger partial charge < -0.3 is 0 Å². The van der Waals surface area contributed by atoms with Crippen LogP contribution in [-0.4, -0.2) is 4.98 Å². The molecule has 0 N–H and O–H groups in total. The average molecular weight is 281 g/mol. The van der Waals surface area contributed by atoms with Crippen LogP contribution in [0.25, 0.3) is 0 Å². The fourth-order valence-corrected chi connectivity index (χ4v) is 1.97. The Morgan fingerprint density at radius 2 is 2.29 bits per heavy atom. The Kier molecular flexibility index (Phi) is 3.78. The van der Waals surface area contributed by atoms with E-state index in [0.29, 0.717) is 0 Å². The van der Waals surface area contributed by atoms with E-state index >= 15 is 0 Å². The lowest BCUT2D eigenvalue weighted by Crippen LogP contribution is -1.98. The van der Waals surface area contributed by atoms with Crippen molar-refractivity contribution in [1.82, 2.24) is 4.98 Å². The van der Waals surface area contributed by atoms with E-state index in [4.69, 9.17) is 16.9 Å². The molecule has 14 heavy (non-hydrogen) atoms. The summed E-state index contributed by atoms with van der Waals surface area (Å²) in [4.78, 5) is 3.53. The van der Waals surface area contributed by atoms with Gasteiger partial charge in [-0.3, -0.25) is 0 Å². The second-order valence-electron chi connectivity index (χ2n) is 2.40. The van der Waals surface area contributed by atoms with E-state index < -0.39 is 6.43 Å². The highest BCUT2D eigenvalue weighted by atomic mass is 79.9. The second kappa shape index (κ2) is 4.67. The summed E-state index contributed by atoms with van der Waals surface area (Å²) in [7, 11) is 0. The van der Waals surface area contributed by atoms with Gasteiger partial charge in [0.1, 0.15) is 6.07 Å². The quantitative estimate of drug-likeness (QED) is 0.779. The zero-order chi connectivity index (χ0) is 10.7. The monoisotopic (exact) mass is 280 g/mol. The van der Waals surface area contributed by atoms with Crippen molar-refractivity contribution in [3.8, 4) is 6.07 Å². The molecule has 0 unspecified atom stereocenters. The third-order valence-electron chi connectivity index (χ3n) is 1.63. The van der Waals surface area contributed by atoms with Gasteiger partial charge in [-0.15, -0.1) is 0 Å². The average Bonchev–Trinajstić information content (AvgIpc) is 2.17. The lowest BCUT2D eigenvalue weighted by molar-refractivity contribution is 0.150. The van der Waals surface area contributed by atoms with Crippen molar-refractivity contribution in [2.24, 2.45) is 0 Å². The summed E-state index contributed by atoms with van der Waals surface area (Å²) in [6.07, 6.45) is -1.66. The molecule has 1 rings (SSSR count). The lowest BCUT2D eigenvalue weighted by Gasteiger charge is -2.08. The minimum Gasteiger partial charge on any atom is -0.243 e. The molecule has 0 bridgehead atoms. The molecule has 0 spiro atoms. The molecule has 1 aromatic rings. The van der Waals surface area contributed by atoms with E-state index in [2.05, 4.69) is 20.9 Å². The number of aromatic nitrogens is 1. The second-order valence-corrected chi connectivity index (χ2v) is 3.34. The predicted molar refractivity (Wildman–Crippen MR) is 51.6 cm³/mol. The Morgan fingerprint density at radius 3 is 2.71 bits per heavy atom. The summed E-state index contributed by atoms with van der Waals surface area (Å²) in [5.41, 5.74) is -0.0652. The smallest absolute Gasteiger partial charge is 0.243 e. The van der Waals surface area contributed by atoms with E-state index in [1.807, 2.05) is 0 Å². The van der Waals surface area contributed by atoms with Gasteiger partial charge in [0.15, 0.2) is 5.69 Å². The van der Waals surface area contributed by atoms with Gasteiger partial charge in [-0.25, -0.2) is 13.8 Å². The number of halogens is 4. The van der Waals surface area contributed by atoms with Crippen molar-refractivity contribution in [2.45, 2.75) is 11.8 Å². The van der Waals surface area contributed by atoms with Gasteiger partial charge in [-0.1, -0.05) is 27.5 Å². The maximum atomic E-state index is 12.4. The number of hydrogen-bond acceptors (Lipinski definition) is 2. The molecule has 2 nitrogen and oxygen atoms in total. The van der Waals surface area contributed by atoms with Crippen LogP contribution in [0.3, 0.4) is 0 Å². The molecule has 0 aromatic carbocycles. The Balaban J connectivity index is 3.38. The van der Waals surface area contributed by atoms with Crippen LogP contribution >= 0.6 is 27.5 Å². The normalized spacial score (nSPS) is 10.3. The topological polar surface area (TPSA) is 36.7 Å². The van der Waals surface area contributed by atoms with Crippen LogP contribution in [0, 0.1) is 11.3 Å². The lowest BCUT2D eigenvalue weighted by atomic mass is 10.1. The maximum absolute atomic E-state index is 12.4. The molecule has 1 heterocycles. The Hall–Kier alpha value is -0.730. The summed E-state index contributed by atoms with van der Waals surface area (Å²) in [5, 5.41) is 8.73. The zero-order valence-electron chi connectivity index (χ0n) is 6.77. The van der Waals surface area contributed by atoms with Crippen molar-refractivity contribution in [3.63, 3.8) is 0 Å². The van der Waals surface area contributed by atoms with Gasteiger partial charge in [-0.2, -0.15) is 5.26 Å². The highest BCUT2D eigenvalue weighted by molar-refractivity contribution is 9.08. The van der Waals surface area contributed by atoms with Crippen LogP contribution in [-0.2, 0) is 5.33 Å². The molecule has 74 valence electrons. The van der Waals surface area contributed by atoms with E-state index in [1.165, 1.54) is 0 Å². The summed E-state index contributed by atoms with van der Waals surface area (Å²) in [5.74, 6) is 0. The largest absolute Gasteiger partial charge is 0.265 e. The van der Waals surface area contributed by atoms with E-state index in [0.717, 1.165) is 6.20 Å².